The maximum atomic E-state index is 12.6. The summed E-state index contributed by atoms with van der Waals surface area (Å²) in [6.45, 7) is 6.47. The van der Waals surface area contributed by atoms with Gasteiger partial charge in [-0.1, -0.05) is 0 Å². The molecule has 1 N–H and O–H groups in total. The van der Waals surface area contributed by atoms with Crippen molar-refractivity contribution < 1.29 is 4.79 Å². The molecule has 2 aliphatic rings. The third-order valence-corrected chi connectivity index (χ3v) is 9.20. The zero-order valence-corrected chi connectivity index (χ0v) is 23.2. The number of nitrogens with one attached hydrogen (secondary N) is 1. The molecule has 192 valence electrons. The maximum Gasteiger partial charge on any atom is 0.225 e. The van der Waals surface area contributed by atoms with E-state index in [1.807, 2.05) is 14.1 Å². The van der Waals surface area contributed by atoms with Gasteiger partial charge in [-0.15, -0.1) is 11.3 Å². The summed E-state index contributed by atoms with van der Waals surface area (Å²) in [6, 6.07) is 5.24. The van der Waals surface area contributed by atoms with Crippen molar-refractivity contribution in [2.45, 2.75) is 52.0 Å². The Labute approximate surface area is 218 Å². The summed E-state index contributed by atoms with van der Waals surface area (Å²) in [7, 11) is 8.06. The molecule has 0 saturated carbocycles. The van der Waals surface area contributed by atoms with Gasteiger partial charge in [0.15, 0.2) is 0 Å². The van der Waals surface area contributed by atoms with Gasteiger partial charge in [-0.2, -0.15) is 0 Å². The van der Waals surface area contributed by atoms with Crippen LogP contribution < -0.4 is 10.2 Å². The summed E-state index contributed by atoms with van der Waals surface area (Å²) < 4.78 is 0. The lowest BCUT2D eigenvalue weighted by Crippen LogP contribution is -2.42. The summed E-state index contributed by atoms with van der Waals surface area (Å²) in [5.74, 6) is 1.16. The average molecular weight is 507 g/mol. The van der Waals surface area contributed by atoms with E-state index in [4.69, 9.17) is 4.98 Å². The van der Waals surface area contributed by atoms with Crippen molar-refractivity contribution in [2.24, 2.45) is 5.92 Å². The minimum atomic E-state index is 0.0568. The molecule has 0 bridgehead atoms. The predicted molar refractivity (Wildman–Crippen MR) is 150 cm³/mol. The number of hydrogen-bond acceptors (Lipinski definition) is 7. The molecule has 2 aromatic heterocycles. The molecule has 0 radical (unpaired) electrons. The number of nitrogens with zero attached hydrogens (tertiary/aromatic N) is 5. The molecule has 3 aromatic rings. The molecule has 36 heavy (non-hydrogen) atoms. The Balaban J connectivity index is 1.48. The zero-order valence-electron chi connectivity index (χ0n) is 22.4. The van der Waals surface area contributed by atoms with Gasteiger partial charge in [-0.25, -0.2) is 9.97 Å². The SMILES string of the molecule is Cc1cc(Nc2ncnc3sc4c(c23)CCC(C(=O)N(C)C)C4)c(N2CCC(N(C)C)CC2)cc1C. The summed E-state index contributed by atoms with van der Waals surface area (Å²) in [5.41, 5.74) is 6.26. The Hall–Kier alpha value is -2.71. The molecular weight excluding hydrogens is 468 g/mol. The van der Waals surface area contributed by atoms with E-state index in [2.05, 4.69) is 60.2 Å². The molecule has 0 spiro atoms. The van der Waals surface area contributed by atoms with Crippen LogP contribution in [0.2, 0.25) is 0 Å². The number of carbonyl (C=O) groups is 1. The highest BCUT2D eigenvalue weighted by Gasteiger charge is 2.30. The Morgan fingerprint density at radius 3 is 2.47 bits per heavy atom. The molecule has 1 atom stereocenters. The van der Waals surface area contributed by atoms with Crippen molar-refractivity contribution in [2.75, 3.05) is 51.5 Å². The molecule has 1 aliphatic heterocycles. The molecule has 1 saturated heterocycles. The first-order valence-corrected chi connectivity index (χ1v) is 13.8. The molecule has 7 nitrogen and oxygen atoms in total. The van der Waals surface area contributed by atoms with Gasteiger partial charge in [-0.3, -0.25) is 4.79 Å². The smallest absolute Gasteiger partial charge is 0.225 e. The van der Waals surface area contributed by atoms with Crippen LogP contribution in [-0.4, -0.2) is 73.0 Å². The van der Waals surface area contributed by atoms with Crippen molar-refractivity contribution in [3.05, 3.63) is 40.0 Å². The van der Waals surface area contributed by atoms with Gasteiger partial charge in [-0.05, 0) is 88.9 Å². The maximum absolute atomic E-state index is 12.6. The Morgan fingerprint density at radius 2 is 1.78 bits per heavy atom. The Bertz CT molecular complexity index is 1270. The average Bonchev–Trinajstić information content (AvgIpc) is 3.24. The largest absolute Gasteiger partial charge is 0.370 e. The minimum Gasteiger partial charge on any atom is -0.370 e. The molecule has 8 heteroatoms. The first-order chi connectivity index (χ1) is 17.2. The highest BCUT2D eigenvalue weighted by Crippen LogP contribution is 2.42. The van der Waals surface area contributed by atoms with Crippen molar-refractivity contribution in [3.8, 4) is 0 Å². The predicted octanol–water partition coefficient (Wildman–Crippen LogP) is 4.78. The number of rotatable bonds is 5. The van der Waals surface area contributed by atoms with Crippen LogP contribution in [0.5, 0.6) is 0 Å². The van der Waals surface area contributed by atoms with E-state index in [1.54, 1.807) is 22.6 Å². The quantitative estimate of drug-likeness (QED) is 0.538. The van der Waals surface area contributed by atoms with E-state index in [-0.39, 0.29) is 11.8 Å². The summed E-state index contributed by atoms with van der Waals surface area (Å²) in [5, 5.41) is 4.86. The molecule has 1 unspecified atom stereocenters. The fourth-order valence-electron chi connectivity index (χ4n) is 5.69. The van der Waals surface area contributed by atoms with Crippen molar-refractivity contribution in [1.82, 2.24) is 19.8 Å². The monoisotopic (exact) mass is 506 g/mol. The second kappa shape index (κ2) is 9.98. The van der Waals surface area contributed by atoms with E-state index >= 15 is 0 Å². The van der Waals surface area contributed by atoms with Crippen LogP contribution in [0.4, 0.5) is 17.2 Å². The van der Waals surface area contributed by atoms with Crippen molar-refractivity contribution in [1.29, 1.82) is 0 Å². The van der Waals surface area contributed by atoms with Gasteiger partial charge in [0.05, 0.1) is 16.8 Å². The number of benzene rings is 1. The van der Waals surface area contributed by atoms with E-state index in [9.17, 15) is 4.79 Å². The highest BCUT2D eigenvalue weighted by molar-refractivity contribution is 7.19. The van der Waals surface area contributed by atoms with Crippen LogP contribution in [0, 0.1) is 19.8 Å². The second-order valence-corrected chi connectivity index (χ2v) is 11.9. The molecule has 5 rings (SSSR count). The highest BCUT2D eigenvalue weighted by atomic mass is 32.1. The second-order valence-electron chi connectivity index (χ2n) is 10.8. The van der Waals surface area contributed by atoms with Gasteiger partial charge in [0.1, 0.15) is 17.0 Å². The van der Waals surface area contributed by atoms with Crippen molar-refractivity contribution >= 4 is 44.7 Å². The third-order valence-electron chi connectivity index (χ3n) is 8.04. The first kappa shape index (κ1) is 25.0. The third kappa shape index (κ3) is 4.68. The number of aromatic nitrogens is 2. The molecular formula is C28H38N6OS. The number of hydrogen-bond donors (Lipinski definition) is 1. The van der Waals surface area contributed by atoms with Crippen LogP contribution in [0.3, 0.4) is 0 Å². The van der Waals surface area contributed by atoms with E-state index in [1.165, 1.54) is 40.1 Å². The van der Waals surface area contributed by atoms with Crippen LogP contribution in [0.1, 0.15) is 40.8 Å². The fourth-order valence-corrected chi connectivity index (χ4v) is 6.96. The fraction of sp³-hybridized carbons (Fsp3) is 0.536. The lowest BCUT2D eigenvalue weighted by molar-refractivity contribution is -0.133. The van der Waals surface area contributed by atoms with E-state index in [0.717, 1.165) is 54.1 Å². The van der Waals surface area contributed by atoms with Gasteiger partial charge >= 0.3 is 0 Å². The lowest BCUT2D eigenvalue weighted by Gasteiger charge is -2.37. The molecule has 1 aliphatic carbocycles. The number of piperidine rings is 1. The molecule has 1 amide bonds. The summed E-state index contributed by atoms with van der Waals surface area (Å²) in [6.07, 6.45) is 6.56. The van der Waals surface area contributed by atoms with Gasteiger partial charge in [0, 0.05) is 44.0 Å². The number of amides is 1. The van der Waals surface area contributed by atoms with Crippen LogP contribution in [-0.2, 0) is 17.6 Å². The number of fused-ring (bicyclic) bond motifs is 3. The zero-order chi connectivity index (χ0) is 25.6. The van der Waals surface area contributed by atoms with Gasteiger partial charge in [0.25, 0.3) is 0 Å². The van der Waals surface area contributed by atoms with Crippen LogP contribution in [0.15, 0.2) is 18.5 Å². The number of aryl methyl sites for hydroxylation is 3. The molecule has 3 heterocycles. The van der Waals surface area contributed by atoms with Crippen molar-refractivity contribution in [3.63, 3.8) is 0 Å². The number of thiophene rings is 1. The molecule has 1 fully saturated rings. The van der Waals surface area contributed by atoms with E-state index < -0.39 is 0 Å². The van der Waals surface area contributed by atoms with Gasteiger partial charge < -0.3 is 20.0 Å². The first-order valence-electron chi connectivity index (χ1n) is 13.0. The molecule has 1 aromatic carbocycles. The topological polar surface area (TPSA) is 64.6 Å². The van der Waals surface area contributed by atoms with E-state index in [0.29, 0.717) is 6.04 Å². The Kier molecular flexibility index (Phi) is 6.92. The minimum absolute atomic E-state index is 0.0568. The number of carbonyl (C=O) groups excluding carboxylic acids is 1. The summed E-state index contributed by atoms with van der Waals surface area (Å²) in [4.78, 5) is 30.8. The normalized spacial score (nSPS) is 18.5. The summed E-state index contributed by atoms with van der Waals surface area (Å²) >= 11 is 1.72. The van der Waals surface area contributed by atoms with Gasteiger partial charge in [0.2, 0.25) is 5.91 Å². The standard InChI is InChI=1S/C28H38N6OS/c1-17-13-22(23(14-18(17)2)34-11-9-20(10-12-34)32(3)4)31-26-25-21-8-7-19(28(35)33(5)6)15-24(21)36-27(25)30-16-29-26/h13-14,16,19-20H,7-12,15H2,1-6H3,(H,29,30,31). The number of anilines is 3. The lowest BCUT2D eigenvalue weighted by atomic mass is 9.87. The van der Waals surface area contributed by atoms with Crippen LogP contribution >= 0.6 is 11.3 Å². The Morgan fingerprint density at radius 1 is 1.06 bits per heavy atom. The van der Waals surface area contributed by atoms with Crippen LogP contribution in [0.25, 0.3) is 10.2 Å².